The summed E-state index contributed by atoms with van der Waals surface area (Å²) >= 11 is 0. The van der Waals surface area contributed by atoms with E-state index < -0.39 is 0 Å². The third-order valence-electron chi connectivity index (χ3n) is 6.09. The Kier molecular flexibility index (Phi) is 3.29. The van der Waals surface area contributed by atoms with Crippen LogP contribution in [0.2, 0.25) is 0 Å². The maximum atomic E-state index is 6.32. The van der Waals surface area contributed by atoms with E-state index in [1.54, 1.807) is 0 Å². The highest BCUT2D eigenvalue weighted by molar-refractivity contribution is 6.09. The molecule has 0 aromatic heterocycles. The van der Waals surface area contributed by atoms with Crippen molar-refractivity contribution in [3.05, 3.63) is 81.9 Å². The number of rotatable bonds is 1. The first kappa shape index (κ1) is 15.9. The maximum absolute atomic E-state index is 6.32. The van der Waals surface area contributed by atoms with E-state index >= 15 is 0 Å². The number of benzene rings is 3. The SMILES string of the molecule is [B]Cc1c2c(c(C(C)(C)C)c3c1Cc1ccccc1-3)-c1ccccc1C2. The molecule has 0 spiro atoms. The summed E-state index contributed by atoms with van der Waals surface area (Å²) < 4.78 is 0. The van der Waals surface area contributed by atoms with Crippen LogP contribution in [0.25, 0.3) is 22.3 Å². The van der Waals surface area contributed by atoms with Gasteiger partial charge in [0.05, 0.1) is 7.85 Å². The second kappa shape index (κ2) is 5.36. The lowest BCUT2D eigenvalue weighted by molar-refractivity contribution is 0.593. The van der Waals surface area contributed by atoms with Crippen LogP contribution >= 0.6 is 0 Å². The Morgan fingerprint density at radius 2 is 1.23 bits per heavy atom. The van der Waals surface area contributed by atoms with Crippen molar-refractivity contribution < 1.29 is 0 Å². The lowest BCUT2D eigenvalue weighted by atomic mass is 9.73. The summed E-state index contributed by atoms with van der Waals surface area (Å²) in [5.74, 6) is 0. The van der Waals surface area contributed by atoms with E-state index in [1.807, 2.05) is 0 Å². The molecule has 0 fully saturated rings. The van der Waals surface area contributed by atoms with Crippen LogP contribution in [0.15, 0.2) is 48.5 Å². The van der Waals surface area contributed by atoms with Crippen molar-refractivity contribution in [2.24, 2.45) is 0 Å². The van der Waals surface area contributed by atoms with E-state index in [2.05, 4.69) is 69.3 Å². The summed E-state index contributed by atoms with van der Waals surface area (Å²) in [5.41, 5.74) is 14.6. The second-order valence-corrected chi connectivity index (χ2v) is 8.68. The minimum atomic E-state index is 0.0796. The predicted molar refractivity (Wildman–Crippen MR) is 111 cm³/mol. The fourth-order valence-electron chi connectivity index (χ4n) is 5.11. The lowest BCUT2D eigenvalue weighted by Crippen LogP contribution is -2.17. The van der Waals surface area contributed by atoms with Gasteiger partial charge in [-0.25, -0.2) is 0 Å². The van der Waals surface area contributed by atoms with Crippen molar-refractivity contribution in [3.63, 3.8) is 0 Å². The molecule has 0 saturated heterocycles. The van der Waals surface area contributed by atoms with Crippen LogP contribution in [0.3, 0.4) is 0 Å². The summed E-state index contributed by atoms with van der Waals surface area (Å²) in [5, 5.41) is 0. The van der Waals surface area contributed by atoms with Crippen molar-refractivity contribution in [1.82, 2.24) is 0 Å². The summed E-state index contributed by atoms with van der Waals surface area (Å²) in [6, 6.07) is 17.8. The average molecular weight is 334 g/mol. The van der Waals surface area contributed by atoms with Gasteiger partial charge in [0.15, 0.2) is 0 Å². The van der Waals surface area contributed by atoms with Gasteiger partial charge in [0.2, 0.25) is 0 Å². The van der Waals surface area contributed by atoms with Gasteiger partial charge in [-0.05, 0) is 73.9 Å². The van der Waals surface area contributed by atoms with Gasteiger partial charge in [0.1, 0.15) is 0 Å². The highest BCUT2D eigenvalue weighted by atomic mass is 14.4. The summed E-state index contributed by atoms with van der Waals surface area (Å²) in [6.45, 7) is 7.06. The minimum Gasteiger partial charge on any atom is -0.0637 e. The predicted octanol–water partition coefficient (Wildman–Crippen LogP) is 5.80. The van der Waals surface area contributed by atoms with Gasteiger partial charge in [-0.15, -0.1) is 0 Å². The average Bonchev–Trinajstić information content (AvgIpc) is 3.17. The van der Waals surface area contributed by atoms with E-state index in [-0.39, 0.29) is 5.41 Å². The van der Waals surface area contributed by atoms with Gasteiger partial charge < -0.3 is 0 Å². The van der Waals surface area contributed by atoms with Crippen LogP contribution in [0, 0.1) is 0 Å². The molecule has 0 N–H and O–H groups in total. The topological polar surface area (TPSA) is 0 Å². The third kappa shape index (κ3) is 2.03. The second-order valence-electron chi connectivity index (χ2n) is 8.68. The molecule has 0 amide bonds. The molecule has 0 atom stereocenters. The van der Waals surface area contributed by atoms with Gasteiger partial charge >= 0.3 is 0 Å². The fourth-order valence-corrected chi connectivity index (χ4v) is 5.11. The smallest absolute Gasteiger partial charge is 0.0637 e. The molecule has 0 bridgehead atoms. The molecule has 26 heavy (non-hydrogen) atoms. The molecule has 0 nitrogen and oxygen atoms in total. The Labute approximate surface area is 157 Å². The van der Waals surface area contributed by atoms with Crippen molar-refractivity contribution in [1.29, 1.82) is 0 Å². The monoisotopic (exact) mass is 334 g/mol. The van der Waals surface area contributed by atoms with Gasteiger partial charge in [-0.3, -0.25) is 0 Å². The van der Waals surface area contributed by atoms with Crippen molar-refractivity contribution >= 4 is 7.85 Å². The number of hydrogen-bond donors (Lipinski definition) is 0. The van der Waals surface area contributed by atoms with E-state index in [0.29, 0.717) is 6.32 Å². The third-order valence-corrected chi connectivity index (χ3v) is 6.09. The molecule has 126 valence electrons. The largest absolute Gasteiger partial charge is 0.0716 e. The molecule has 0 aliphatic heterocycles. The van der Waals surface area contributed by atoms with E-state index in [1.165, 1.54) is 55.6 Å². The molecular formula is C25H23B. The van der Waals surface area contributed by atoms with Gasteiger partial charge in [-0.1, -0.05) is 75.6 Å². The number of hydrogen-bond acceptors (Lipinski definition) is 0. The number of fused-ring (bicyclic) bond motifs is 6. The van der Waals surface area contributed by atoms with E-state index in [4.69, 9.17) is 7.85 Å². The Hall–Kier alpha value is -2.28. The summed E-state index contributed by atoms with van der Waals surface area (Å²) in [7, 11) is 6.32. The first-order chi connectivity index (χ1) is 12.5. The van der Waals surface area contributed by atoms with Crippen molar-refractivity contribution in [3.8, 4) is 22.3 Å². The van der Waals surface area contributed by atoms with E-state index in [9.17, 15) is 0 Å². The van der Waals surface area contributed by atoms with Crippen LogP contribution in [0.4, 0.5) is 0 Å². The molecule has 0 heterocycles. The maximum Gasteiger partial charge on any atom is 0.0716 e. The quantitative estimate of drug-likeness (QED) is 0.340. The molecule has 3 aromatic rings. The first-order valence-corrected chi connectivity index (χ1v) is 9.58. The van der Waals surface area contributed by atoms with E-state index in [0.717, 1.165) is 12.8 Å². The Morgan fingerprint density at radius 3 is 1.65 bits per heavy atom. The molecule has 1 heteroatoms. The highest BCUT2D eigenvalue weighted by Crippen LogP contribution is 2.53. The molecule has 5 rings (SSSR count). The van der Waals surface area contributed by atoms with Crippen LogP contribution in [0.1, 0.15) is 54.2 Å². The van der Waals surface area contributed by atoms with Gasteiger partial charge in [0, 0.05) is 0 Å². The van der Waals surface area contributed by atoms with Crippen LogP contribution < -0.4 is 0 Å². The zero-order valence-corrected chi connectivity index (χ0v) is 15.8. The molecule has 3 aromatic carbocycles. The van der Waals surface area contributed by atoms with Gasteiger partial charge in [-0.2, -0.15) is 0 Å². The highest BCUT2D eigenvalue weighted by Gasteiger charge is 2.36. The molecule has 2 aliphatic rings. The molecular weight excluding hydrogens is 311 g/mol. The molecule has 0 saturated carbocycles. The summed E-state index contributed by atoms with van der Waals surface area (Å²) in [4.78, 5) is 0. The van der Waals surface area contributed by atoms with Crippen molar-refractivity contribution in [2.45, 2.75) is 45.3 Å². The van der Waals surface area contributed by atoms with Crippen molar-refractivity contribution in [2.75, 3.05) is 0 Å². The zero-order chi connectivity index (χ0) is 18.1. The Balaban J connectivity index is 1.97. The first-order valence-electron chi connectivity index (χ1n) is 9.58. The fraction of sp³-hybridized carbons (Fsp3) is 0.280. The van der Waals surface area contributed by atoms with Crippen LogP contribution in [-0.2, 0) is 24.6 Å². The van der Waals surface area contributed by atoms with Gasteiger partial charge in [0.25, 0.3) is 0 Å². The normalized spacial score (nSPS) is 14.0. The molecule has 2 aliphatic carbocycles. The zero-order valence-electron chi connectivity index (χ0n) is 15.8. The molecule has 0 unspecified atom stereocenters. The lowest BCUT2D eigenvalue weighted by Gasteiger charge is -2.29. The summed E-state index contributed by atoms with van der Waals surface area (Å²) in [6.07, 6.45) is 2.66. The molecule has 2 radical (unpaired) electrons. The minimum absolute atomic E-state index is 0.0796. The Morgan fingerprint density at radius 1 is 0.769 bits per heavy atom. The standard InChI is InChI=1S/C25H23B/c1-25(2,3)24-22-17-10-6-4-8-15(17)12-19(22)21(14-26)20-13-16-9-5-7-11-18(16)23(20)24/h4-11H,12-14H2,1-3H3. The Bertz CT molecular complexity index is 976. The van der Waals surface area contributed by atoms with Crippen LogP contribution in [-0.4, -0.2) is 7.85 Å². The van der Waals surface area contributed by atoms with Crippen LogP contribution in [0.5, 0.6) is 0 Å².